The maximum Gasteiger partial charge on any atom is 0.573 e. The number of alkyl halides is 3. The van der Waals surface area contributed by atoms with E-state index in [0.717, 1.165) is 11.6 Å². The molecular formula is C27H30F4N6O2. The highest BCUT2D eigenvalue weighted by Crippen LogP contribution is 2.35. The molecular weight excluding hydrogens is 516 g/mol. The molecule has 8 nitrogen and oxygen atoms in total. The molecule has 2 atom stereocenters. The van der Waals surface area contributed by atoms with E-state index in [2.05, 4.69) is 14.7 Å². The smallest absolute Gasteiger partial charge is 0.403 e. The maximum absolute atomic E-state index is 15.3. The van der Waals surface area contributed by atoms with Crippen LogP contribution < -0.4 is 27.6 Å². The van der Waals surface area contributed by atoms with Gasteiger partial charge in [-0.25, -0.2) is 9.18 Å². The van der Waals surface area contributed by atoms with E-state index >= 15 is 4.39 Å². The largest absolute Gasteiger partial charge is 0.573 e. The van der Waals surface area contributed by atoms with Crippen LogP contribution in [0.2, 0.25) is 0 Å². The first-order valence-electron chi connectivity index (χ1n) is 12.5. The highest BCUT2D eigenvalue weighted by molar-refractivity contribution is 5.83. The molecule has 0 amide bonds. The van der Waals surface area contributed by atoms with Crippen molar-refractivity contribution in [3.8, 4) is 22.7 Å². The number of aromatic nitrogens is 3. The zero-order chi connectivity index (χ0) is 28.3. The van der Waals surface area contributed by atoms with Crippen LogP contribution in [0.5, 0.6) is 5.75 Å². The number of H-pyrrole nitrogens is 1. The first kappa shape index (κ1) is 28.3. The number of nitrogens with zero attached hydrogens (tertiary/aromatic N) is 2. The molecule has 0 saturated heterocycles. The van der Waals surface area contributed by atoms with Gasteiger partial charge < -0.3 is 26.9 Å². The SMILES string of the molecule is C[C@H](N)CCCc1cc(OC(F)(F)F)c(F)c(-c2cc3cn(-c4ccc([C@@H](N)CCN)cc4)c(=O)nc3[nH]2)c1. The molecule has 0 saturated carbocycles. The predicted octanol–water partition coefficient (Wildman–Crippen LogP) is 4.44. The number of halogens is 4. The van der Waals surface area contributed by atoms with Gasteiger partial charge in [-0.2, -0.15) is 4.98 Å². The molecule has 0 aliphatic carbocycles. The Bertz CT molecular complexity index is 1500. The van der Waals surface area contributed by atoms with Crippen molar-refractivity contribution >= 4 is 11.0 Å². The summed E-state index contributed by atoms with van der Waals surface area (Å²) in [5, 5.41) is 0.452. The number of fused-ring (bicyclic) bond motifs is 1. The van der Waals surface area contributed by atoms with E-state index in [0.29, 0.717) is 48.9 Å². The Morgan fingerprint density at radius 1 is 1.10 bits per heavy atom. The molecule has 39 heavy (non-hydrogen) atoms. The van der Waals surface area contributed by atoms with Gasteiger partial charge >= 0.3 is 12.1 Å². The molecule has 0 unspecified atom stereocenters. The van der Waals surface area contributed by atoms with E-state index in [-0.39, 0.29) is 29.0 Å². The quantitative estimate of drug-likeness (QED) is 0.217. The molecule has 0 fully saturated rings. The fourth-order valence-electron chi connectivity index (χ4n) is 4.38. The van der Waals surface area contributed by atoms with Crippen molar-refractivity contribution in [2.24, 2.45) is 17.2 Å². The Labute approximate surface area is 221 Å². The second-order valence-corrected chi connectivity index (χ2v) is 9.53. The van der Waals surface area contributed by atoms with Crippen LogP contribution in [-0.4, -0.2) is 33.5 Å². The van der Waals surface area contributed by atoms with Crippen molar-refractivity contribution in [2.75, 3.05) is 6.54 Å². The van der Waals surface area contributed by atoms with E-state index in [4.69, 9.17) is 17.2 Å². The zero-order valence-electron chi connectivity index (χ0n) is 21.3. The Balaban J connectivity index is 1.73. The fraction of sp³-hybridized carbons (Fsp3) is 0.333. The van der Waals surface area contributed by atoms with Gasteiger partial charge in [0.25, 0.3) is 0 Å². The monoisotopic (exact) mass is 546 g/mol. The van der Waals surface area contributed by atoms with Gasteiger partial charge in [-0.1, -0.05) is 12.1 Å². The third-order valence-corrected chi connectivity index (χ3v) is 6.32. The summed E-state index contributed by atoms with van der Waals surface area (Å²) in [5.41, 5.74) is 18.9. The first-order chi connectivity index (χ1) is 18.4. The summed E-state index contributed by atoms with van der Waals surface area (Å²) >= 11 is 0. The summed E-state index contributed by atoms with van der Waals surface area (Å²) in [5.74, 6) is -2.12. The first-order valence-corrected chi connectivity index (χ1v) is 12.5. The van der Waals surface area contributed by atoms with Crippen molar-refractivity contribution in [3.63, 3.8) is 0 Å². The molecule has 4 rings (SSSR count). The molecule has 0 bridgehead atoms. The Kier molecular flexibility index (Phi) is 8.38. The Hall–Kier alpha value is -3.74. The van der Waals surface area contributed by atoms with Crippen LogP contribution >= 0.6 is 0 Å². The van der Waals surface area contributed by atoms with E-state index < -0.39 is 23.6 Å². The third kappa shape index (κ3) is 6.83. The molecule has 0 aliphatic rings. The van der Waals surface area contributed by atoms with Crippen LogP contribution in [0.3, 0.4) is 0 Å². The van der Waals surface area contributed by atoms with Gasteiger partial charge in [0.15, 0.2) is 11.6 Å². The fourth-order valence-corrected chi connectivity index (χ4v) is 4.38. The van der Waals surface area contributed by atoms with Crippen LogP contribution in [0, 0.1) is 5.82 Å². The second kappa shape index (κ2) is 11.6. The van der Waals surface area contributed by atoms with E-state index in [9.17, 15) is 18.0 Å². The van der Waals surface area contributed by atoms with Gasteiger partial charge in [0.1, 0.15) is 5.65 Å². The maximum atomic E-state index is 15.3. The van der Waals surface area contributed by atoms with Gasteiger partial charge in [-0.15, -0.1) is 13.2 Å². The Morgan fingerprint density at radius 2 is 1.82 bits per heavy atom. The van der Waals surface area contributed by atoms with Crippen molar-refractivity contribution in [2.45, 2.75) is 51.1 Å². The molecule has 0 radical (unpaired) electrons. The number of nitrogens with one attached hydrogen (secondary N) is 1. The van der Waals surface area contributed by atoms with E-state index in [1.165, 1.54) is 22.9 Å². The number of ether oxygens (including phenoxy) is 1. The minimum absolute atomic E-state index is 0.0811. The predicted molar refractivity (Wildman–Crippen MR) is 141 cm³/mol. The standard InChI is InChI=1S/C27H30F4N6O2/c1-15(33)3-2-4-16-11-20(24(28)23(12-16)39-27(29,30)31)22-13-18-14-37(26(38)36-25(18)35-22)19-7-5-17(6-8-19)21(34)9-10-32/h5-8,11-15,21H,2-4,9-10,32-34H2,1H3,(H,35,36,38)/t15-,21-/m0/s1. The third-order valence-electron chi connectivity index (χ3n) is 6.32. The number of aromatic amines is 1. The van der Waals surface area contributed by atoms with Crippen molar-refractivity contribution in [3.05, 3.63) is 76.1 Å². The highest BCUT2D eigenvalue weighted by Gasteiger charge is 2.33. The van der Waals surface area contributed by atoms with Crippen LogP contribution in [0.4, 0.5) is 17.6 Å². The number of aryl methyl sites for hydroxylation is 1. The summed E-state index contributed by atoms with van der Waals surface area (Å²) in [4.78, 5) is 19.7. The zero-order valence-corrected chi connectivity index (χ0v) is 21.3. The van der Waals surface area contributed by atoms with Crippen molar-refractivity contribution in [1.29, 1.82) is 0 Å². The summed E-state index contributed by atoms with van der Waals surface area (Å²) in [6.07, 6.45) is -1.33. The number of rotatable bonds is 10. The van der Waals surface area contributed by atoms with Crippen LogP contribution in [0.1, 0.15) is 43.4 Å². The van der Waals surface area contributed by atoms with Gasteiger partial charge in [0, 0.05) is 29.2 Å². The number of hydrogen-bond acceptors (Lipinski definition) is 6. The molecule has 7 N–H and O–H groups in total. The molecule has 208 valence electrons. The minimum Gasteiger partial charge on any atom is -0.403 e. The molecule has 12 heteroatoms. The van der Waals surface area contributed by atoms with Gasteiger partial charge in [0.2, 0.25) is 0 Å². The molecule has 0 spiro atoms. The summed E-state index contributed by atoms with van der Waals surface area (Å²) < 4.78 is 59.5. The lowest BCUT2D eigenvalue weighted by Gasteiger charge is -2.14. The molecule has 2 heterocycles. The molecule has 4 aromatic rings. The summed E-state index contributed by atoms with van der Waals surface area (Å²) in [6, 6.07) is 10.7. The number of benzene rings is 2. The normalized spacial score (nSPS) is 13.5. The van der Waals surface area contributed by atoms with Crippen LogP contribution in [-0.2, 0) is 6.42 Å². The number of hydrogen-bond donors (Lipinski definition) is 4. The molecule has 2 aromatic heterocycles. The van der Waals surface area contributed by atoms with Crippen molar-refractivity contribution in [1.82, 2.24) is 14.5 Å². The van der Waals surface area contributed by atoms with Gasteiger partial charge in [-0.05, 0) is 80.6 Å². The Morgan fingerprint density at radius 3 is 2.46 bits per heavy atom. The molecule has 0 aliphatic heterocycles. The van der Waals surface area contributed by atoms with Crippen LogP contribution in [0.25, 0.3) is 28.0 Å². The van der Waals surface area contributed by atoms with E-state index in [1.54, 1.807) is 24.3 Å². The van der Waals surface area contributed by atoms with Gasteiger partial charge in [-0.3, -0.25) is 4.57 Å². The number of nitrogens with two attached hydrogens (primary N) is 3. The van der Waals surface area contributed by atoms with Gasteiger partial charge in [0.05, 0.1) is 11.4 Å². The van der Waals surface area contributed by atoms with E-state index in [1.807, 2.05) is 6.92 Å². The van der Waals surface area contributed by atoms with Crippen molar-refractivity contribution < 1.29 is 22.3 Å². The lowest BCUT2D eigenvalue weighted by Crippen LogP contribution is -2.20. The summed E-state index contributed by atoms with van der Waals surface area (Å²) in [7, 11) is 0. The average Bonchev–Trinajstić information content (AvgIpc) is 3.27. The molecule has 2 aromatic carbocycles. The lowest BCUT2D eigenvalue weighted by atomic mass is 10.0. The highest BCUT2D eigenvalue weighted by atomic mass is 19.4. The van der Waals surface area contributed by atoms with Crippen LogP contribution in [0.15, 0.2) is 53.5 Å². The lowest BCUT2D eigenvalue weighted by molar-refractivity contribution is -0.275. The topological polar surface area (TPSA) is 138 Å². The average molecular weight is 547 g/mol. The summed E-state index contributed by atoms with van der Waals surface area (Å²) in [6.45, 7) is 2.27. The second-order valence-electron chi connectivity index (χ2n) is 9.53. The minimum atomic E-state index is -5.07.